The molecule has 1 aromatic heterocycles. The molecule has 26 heavy (non-hydrogen) atoms. The van der Waals surface area contributed by atoms with Crippen molar-refractivity contribution in [3.05, 3.63) is 18.2 Å². The van der Waals surface area contributed by atoms with Gasteiger partial charge in [0.1, 0.15) is 6.04 Å². The lowest BCUT2D eigenvalue weighted by Crippen LogP contribution is -2.56. The number of nitrogens with one attached hydrogen (secondary N) is 1. The zero-order valence-corrected chi connectivity index (χ0v) is 14.3. The third-order valence-corrected chi connectivity index (χ3v) is 3.71. The van der Waals surface area contributed by atoms with Gasteiger partial charge in [0, 0.05) is 25.8 Å². The highest BCUT2D eigenvalue weighted by molar-refractivity contribution is 5.86. The molecule has 0 aromatic carbocycles. The molecule has 0 aliphatic carbocycles. The maximum absolute atomic E-state index is 12.6. The quantitative estimate of drug-likeness (QED) is 0.693. The van der Waals surface area contributed by atoms with E-state index in [9.17, 15) is 22.8 Å². The molecule has 2 rings (SSSR count). The number of amides is 1. The van der Waals surface area contributed by atoms with E-state index in [0.29, 0.717) is 6.54 Å². The summed E-state index contributed by atoms with van der Waals surface area (Å²) in [5.74, 6) is -1.07. The summed E-state index contributed by atoms with van der Waals surface area (Å²) in [6.45, 7) is 1.37. The third-order valence-electron chi connectivity index (χ3n) is 3.71. The molecule has 1 aromatic rings. The van der Waals surface area contributed by atoms with Crippen LogP contribution in [0.4, 0.5) is 13.2 Å². The molecule has 1 saturated heterocycles. The van der Waals surface area contributed by atoms with E-state index in [0.717, 1.165) is 4.90 Å². The van der Waals surface area contributed by atoms with E-state index in [-0.39, 0.29) is 38.6 Å². The van der Waals surface area contributed by atoms with Gasteiger partial charge in [-0.15, -0.1) is 0 Å². The number of nitrogens with zero attached hydrogens (tertiary/aromatic N) is 3. The number of esters is 1. The van der Waals surface area contributed by atoms with E-state index < -0.39 is 30.6 Å². The van der Waals surface area contributed by atoms with Crippen LogP contribution < -0.4 is 5.32 Å². The van der Waals surface area contributed by atoms with Crippen LogP contribution in [0.15, 0.2) is 12.5 Å². The van der Waals surface area contributed by atoms with Crippen molar-refractivity contribution in [2.45, 2.75) is 25.7 Å². The summed E-state index contributed by atoms with van der Waals surface area (Å²) in [6.07, 6.45) is -1.49. The largest absolute Gasteiger partial charge is 0.461 e. The Morgan fingerprint density at radius 3 is 2.92 bits per heavy atom. The van der Waals surface area contributed by atoms with Gasteiger partial charge in [-0.3, -0.25) is 9.69 Å². The number of hydrogen-bond donors (Lipinski definition) is 1. The molecule has 0 unspecified atom stereocenters. The fourth-order valence-electron chi connectivity index (χ4n) is 2.52. The van der Waals surface area contributed by atoms with Crippen LogP contribution in [0, 0.1) is 0 Å². The summed E-state index contributed by atoms with van der Waals surface area (Å²) in [5.41, 5.74) is 0.148. The lowest BCUT2D eigenvalue weighted by Gasteiger charge is -2.34. The Kier molecular flexibility index (Phi) is 6.98. The SMILES string of the molecule is CCOC(=O)c1cn(CCNC(=O)[C@@H]2COCCN2CC(F)(F)F)cn1. The molecule has 1 aliphatic rings. The number of aromatic nitrogens is 2. The van der Waals surface area contributed by atoms with Crippen LogP contribution in [0.2, 0.25) is 0 Å². The van der Waals surface area contributed by atoms with Gasteiger partial charge in [-0.25, -0.2) is 9.78 Å². The summed E-state index contributed by atoms with van der Waals surface area (Å²) in [5, 5.41) is 2.59. The molecule has 146 valence electrons. The first-order chi connectivity index (χ1) is 12.3. The molecular formula is C15H21F3N4O4. The molecule has 1 fully saturated rings. The molecule has 1 amide bonds. The first-order valence-corrected chi connectivity index (χ1v) is 8.15. The Hall–Kier alpha value is -2.14. The van der Waals surface area contributed by atoms with Crippen molar-refractivity contribution < 1.29 is 32.2 Å². The van der Waals surface area contributed by atoms with Gasteiger partial charge in [0.05, 0.1) is 32.7 Å². The number of morpholine rings is 1. The number of halogens is 3. The maximum atomic E-state index is 12.6. The first kappa shape index (κ1) is 20.2. The number of imidazole rings is 1. The second-order valence-corrected chi connectivity index (χ2v) is 5.68. The van der Waals surface area contributed by atoms with Gasteiger partial charge in [-0.1, -0.05) is 0 Å². The van der Waals surface area contributed by atoms with Crippen molar-refractivity contribution in [3.63, 3.8) is 0 Å². The summed E-state index contributed by atoms with van der Waals surface area (Å²) in [7, 11) is 0. The first-order valence-electron chi connectivity index (χ1n) is 8.15. The van der Waals surface area contributed by atoms with Crippen molar-refractivity contribution in [3.8, 4) is 0 Å². The van der Waals surface area contributed by atoms with Gasteiger partial charge in [-0.2, -0.15) is 13.2 Å². The lowest BCUT2D eigenvalue weighted by molar-refractivity contribution is -0.166. The minimum Gasteiger partial charge on any atom is -0.461 e. The van der Waals surface area contributed by atoms with Crippen molar-refractivity contribution in [2.75, 3.05) is 39.5 Å². The van der Waals surface area contributed by atoms with Crippen molar-refractivity contribution >= 4 is 11.9 Å². The van der Waals surface area contributed by atoms with E-state index in [4.69, 9.17) is 9.47 Å². The highest BCUT2D eigenvalue weighted by Gasteiger charge is 2.38. The number of alkyl halides is 3. The number of hydrogen-bond acceptors (Lipinski definition) is 6. The van der Waals surface area contributed by atoms with E-state index in [1.54, 1.807) is 11.5 Å². The molecule has 1 N–H and O–H groups in total. The summed E-state index contributed by atoms with van der Waals surface area (Å²) in [4.78, 5) is 28.7. The van der Waals surface area contributed by atoms with Crippen molar-refractivity contribution in [2.24, 2.45) is 0 Å². The summed E-state index contributed by atoms with van der Waals surface area (Å²) < 4.78 is 49.4. The topological polar surface area (TPSA) is 85.7 Å². The third kappa shape index (κ3) is 5.99. The molecule has 1 atom stereocenters. The second-order valence-electron chi connectivity index (χ2n) is 5.68. The zero-order chi connectivity index (χ0) is 19.2. The van der Waals surface area contributed by atoms with Crippen LogP contribution in [0.5, 0.6) is 0 Å². The van der Waals surface area contributed by atoms with Crippen LogP contribution >= 0.6 is 0 Å². The van der Waals surface area contributed by atoms with Gasteiger partial charge in [0.25, 0.3) is 0 Å². The van der Waals surface area contributed by atoms with Crippen LogP contribution in [0.3, 0.4) is 0 Å². The predicted octanol–water partition coefficient (Wildman–Crippen LogP) is 0.439. The van der Waals surface area contributed by atoms with Gasteiger partial charge >= 0.3 is 12.1 Å². The number of ether oxygens (including phenoxy) is 2. The Labute approximate surface area is 148 Å². The number of carbonyl (C=O) groups excluding carboxylic acids is 2. The van der Waals surface area contributed by atoms with Gasteiger partial charge in [-0.05, 0) is 6.92 Å². The van der Waals surface area contributed by atoms with Crippen LogP contribution in [0.1, 0.15) is 17.4 Å². The molecular weight excluding hydrogens is 357 g/mol. The fourth-order valence-corrected chi connectivity index (χ4v) is 2.52. The molecule has 1 aliphatic heterocycles. The Morgan fingerprint density at radius 2 is 2.23 bits per heavy atom. The summed E-state index contributed by atoms with van der Waals surface area (Å²) >= 11 is 0. The molecule has 11 heteroatoms. The molecule has 0 saturated carbocycles. The highest BCUT2D eigenvalue weighted by Crippen LogP contribution is 2.19. The number of carbonyl (C=O) groups is 2. The lowest BCUT2D eigenvalue weighted by atomic mass is 10.2. The zero-order valence-electron chi connectivity index (χ0n) is 14.3. The normalized spacial score (nSPS) is 18.5. The van der Waals surface area contributed by atoms with Crippen molar-refractivity contribution in [1.29, 1.82) is 0 Å². The molecule has 2 heterocycles. The predicted molar refractivity (Wildman–Crippen MR) is 83.4 cm³/mol. The van der Waals surface area contributed by atoms with Crippen LogP contribution in [-0.4, -0.2) is 78.0 Å². The highest BCUT2D eigenvalue weighted by atomic mass is 19.4. The minimum absolute atomic E-state index is 0.0437. The summed E-state index contributed by atoms with van der Waals surface area (Å²) in [6, 6.07) is -0.983. The van der Waals surface area contributed by atoms with E-state index in [2.05, 4.69) is 10.3 Å². The van der Waals surface area contributed by atoms with Crippen LogP contribution in [-0.2, 0) is 20.8 Å². The maximum Gasteiger partial charge on any atom is 0.401 e. The minimum atomic E-state index is -4.38. The van der Waals surface area contributed by atoms with Gasteiger partial charge in [0.2, 0.25) is 5.91 Å². The molecule has 0 spiro atoms. The number of rotatable bonds is 7. The van der Waals surface area contributed by atoms with Gasteiger partial charge in [0.15, 0.2) is 5.69 Å². The standard InChI is InChI=1S/C15H21F3N4O4/c1-2-26-14(24)11-7-21(10-20-11)4-3-19-13(23)12-8-25-6-5-22(12)9-15(16,17)18/h7,10,12H,2-6,8-9H2,1H3,(H,19,23)/t12-/m0/s1. The average molecular weight is 378 g/mol. The van der Waals surface area contributed by atoms with E-state index in [1.165, 1.54) is 12.5 Å². The van der Waals surface area contributed by atoms with Gasteiger partial charge < -0.3 is 19.4 Å². The van der Waals surface area contributed by atoms with Crippen LogP contribution in [0.25, 0.3) is 0 Å². The average Bonchev–Trinajstić information content (AvgIpc) is 3.03. The van der Waals surface area contributed by atoms with E-state index >= 15 is 0 Å². The Balaban J connectivity index is 1.82. The molecule has 8 nitrogen and oxygen atoms in total. The Bertz CT molecular complexity index is 620. The second kappa shape index (κ2) is 8.99. The molecule has 0 bridgehead atoms. The van der Waals surface area contributed by atoms with Crippen molar-refractivity contribution in [1.82, 2.24) is 19.8 Å². The monoisotopic (exact) mass is 378 g/mol. The molecule has 0 radical (unpaired) electrons. The fraction of sp³-hybridized carbons (Fsp3) is 0.667. The Morgan fingerprint density at radius 1 is 1.46 bits per heavy atom. The smallest absolute Gasteiger partial charge is 0.401 e. The van der Waals surface area contributed by atoms with E-state index in [1.807, 2.05) is 0 Å².